The lowest BCUT2D eigenvalue weighted by molar-refractivity contribution is 0.175. The Bertz CT molecular complexity index is 233. The van der Waals surface area contributed by atoms with Gasteiger partial charge in [0, 0.05) is 0 Å². The van der Waals surface area contributed by atoms with Crippen LogP contribution in [0.4, 0.5) is 0 Å². The second kappa shape index (κ2) is 19.8. The molecule has 0 aromatic heterocycles. The largest absolute Gasteiger partial charge is 0.0654 e. The van der Waals surface area contributed by atoms with Gasteiger partial charge in [0.25, 0.3) is 0 Å². The molecule has 0 aliphatic heterocycles. The fraction of sp³-hybridized carbons (Fsp3) is 1.00. The van der Waals surface area contributed by atoms with Crippen LogP contribution in [-0.2, 0) is 0 Å². The summed E-state index contributed by atoms with van der Waals surface area (Å²) in [6.07, 6.45) is 30.6. The van der Waals surface area contributed by atoms with Crippen LogP contribution in [0.2, 0.25) is 0 Å². The quantitative estimate of drug-likeness (QED) is 0.177. The van der Waals surface area contributed by atoms with Gasteiger partial charge in [-0.2, -0.15) is 0 Å². The van der Waals surface area contributed by atoms with Gasteiger partial charge >= 0.3 is 0 Å². The monoisotopic (exact) mass is 366 g/mol. The van der Waals surface area contributed by atoms with Crippen LogP contribution in [0.15, 0.2) is 0 Å². The van der Waals surface area contributed by atoms with E-state index in [0.717, 1.165) is 0 Å². The standard InChI is InChI=1S/C26H54/c1-5-9-13-14-15-16-17-18-19-20-21-25-26(22-10-6-2,23-11-7-3)24-12-8-4/h5-25H2,1-4H3. The highest BCUT2D eigenvalue weighted by Crippen LogP contribution is 2.41. The minimum Gasteiger partial charge on any atom is -0.0654 e. The molecule has 26 heavy (non-hydrogen) atoms. The smallest absolute Gasteiger partial charge is 0.0297 e. The van der Waals surface area contributed by atoms with Gasteiger partial charge in [-0.1, -0.05) is 137 Å². The molecule has 0 bridgehead atoms. The Morgan fingerprint density at radius 3 is 0.923 bits per heavy atom. The summed E-state index contributed by atoms with van der Waals surface area (Å²) in [7, 11) is 0. The molecule has 0 aromatic carbocycles. The van der Waals surface area contributed by atoms with Gasteiger partial charge < -0.3 is 0 Å². The molecule has 0 fully saturated rings. The van der Waals surface area contributed by atoms with Crippen molar-refractivity contribution in [2.45, 2.75) is 163 Å². The van der Waals surface area contributed by atoms with Crippen molar-refractivity contribution in [1.82, 2.24) is 0 Å². The molecular formula is C26H54. The molecular weight excluding hydrogens is 312 g/mol. The SMILES string of the molecule is CCCCCCCCCCCCCC(CCCC)(CCCC)CCCC. The summed E-state index contributed by atoms with van der Waals surface area (Å²) < 4.78 is 0. The minimum absolute atomic E-state index is 0.696. The lowest BCUT2D eigenvalue weighted by atomic mass is 9.71. The summed E-state index contributed by atoms with van der Waals surface area (Å²) in [5.41, 5.74) is 0.696. The Morgan fingerprint density at radius 2 is 0.577 bits per heavy atom. The summed E-state index contributed by atoms with van der Waals surface area (Å²) in [6.45, 7) is 9.41. The predicted octanol–water partition coefficient (Wildman–Crippen LogP) is 10.2. The second-order valence-corrected chi connectivity index (χ2v) is 9.10. The van der Waals surface area contributed by atoms with E-state index in [0.29, 0.717) is 5.41 Å². The summed E-state index contributed by atoms with van der Waals surface area (Å²) in [4.78, 5) is 0. The minimum atomic E-state index is 0.696. The fourth-order valence-electron chi connectivity index (χ4n) is 4.57. The highest BCUT2D eigenvalue weighted by Gasteiger charge is 2.27. The molecule has 0 saturated heterocycles. The van der Waals surface area contributed by atoms with Crippen LogP contribution >= 0.6 is 0 Å². The summed E-state index contributed by atoms with van der Waals surface area (Å²) in [5.74, 6) is 0. The number of unbranched alkanes of at least 4 members (excludes halogenated alkanes) is 13. The van der Waals surface area contributed by atoms with Gasteiger partial charge in [-0.3, -0.25) is 0 Å². The maximum Gasteiger partial charge on any atom is -0.0297 e. The lowest BCUT2D eigenvalue weighted by Gasteiger charge is -2.35. The lowest BCUT2D eigenvalue weighted by Crippen LogP contribution is -2.21. The third kappa shape index (κ3) is 15.1. The van der Waals surface area contributed by atoms with E-state index in [1.807, 2.05) is 0 Å². The molecule has 0 saturated carbocycles. The molecule has 0 aliphatic rings. The molecule has 0 spiro atoms. The molecule has 0 heterocycles. The topological polar surface area (TPSA) is 0 Å². The molecule has 158 valence electrons. The molecule has 0 aromatic rings. The highest BCUT2D eigenvalue weighted by molar-refractivity contribution is 4.79. The second-order valence-electron chi connectivity index (χ2n) is 9.10. The Balaban J connectivity index is 3.95. The van der Waals surface area contributed by atoms with E-state index in [1.165, 1.54) is 135 Å². The van der Waals surface area contributed by atoms with Gasteiger partial charge in [0.1, 0.15) is 0 Å². The molecule has 0 nitrogen and oxygen atoms in total. The first-order valence-corrected chi connectivity index (χ1v) is 12.7. The van der Waals surface area contributed by atoms with Crippen molar-refractivity contribution >= 4 is 0 Å². The van der Waals surface area contributed by atoms with Crippen molar-refractivity contribution in [1.29, 1.82) is 0 Å². The van der Waals surface area contributed by atoms with Crippen molar-refractivity contribution in [2.75, 3.05) is 0 Å². The number of hydrogen-bond acceptors (Lipinski definition) is 0. The molecule has 0 aliphatic carbocycles. The maximum absolute atomic E-state index is 2.37. The summed E-state index contributed by atoms with van der Waals surface area (Å²) in [5, 5.41) is 0. The zero-order valence-electron chi connectivity index (χ0n) is 19.3. The normalized spacial score (nSPS) is 12.0. The van der Waals surface area contributed by atoms with Crippen molar-refractivity contribution in [3.05, 3.63) is 0 Å². The molecule has 0 N–H and O–H groups in total. The van der Waals surface area contributed by atoms with E-state index in [-0.39, 0.29) is 0 Å². The maximum atomic E-state index is 2.37. The number of rotatable bonds is 21. The van der Waals surface area contributed by atoms with Gasteiger partial charge in [-0.25, -0.2) is 0 Å². The highest BCUT2D eigenvalue weighted by atomic mass is 14.3. The van der Waals surface area contributed by atoms with E-state index in [9.17, 15) is 0 Å². The first kappa shape index (κ1) is 26.0. The van der Waals surface area contributed by atoms with Crippen molar-refractivity contribution in [2.24, 2.45) is 5.41 Å². The van der Waals surface area contributed by atoms with Crippen molar-refractivity contribution in [3.8, 4) is 0 Å². The van der Waals surface area contributed by atoms with Crippen LogP contribution < -0.4 is 0 Å². The Morgan fingerprint density at radius 1 is 0.308 bits per heavy atom. The average Bonchev–Trinajstić information content (AvgIpc) is 2.66. The van der Waals surface area contributed by atoms with Gasteiger partial charge in [0.05, 0.1) is 0 Å². The molecule has 0 heteroatoms. The van der Waals surface area contributed by atoms with E-state index in [4.69, 9.17) is 0 Å². The predicted molar refractivity (Wildman–Crippen MR) is 122 cm³/mol. The van der Waals surface area contributed by atoms with E-state index in [2.05, 4.69) is 27.7 Å². The first-order chi connectivity index (χ1) is 12.7. The van der Waals surface area contributed by atoms with Gasteiger partial charge in [-0.15, -0.1) is 0 Å². The van der Waals surface area contributed by atoms with Crippen LogP contribution in [0.25, 0.3) is 0 Å². The Kier molecular flexibility index (Phi) is 19.8. The van der Waals surface area contributed by atoms with Crippen LogP contribution in [0, 0.1) is 5.41 Å². The molecule has 0 radical (unpaired) electrons. The van der Waals surface area contributed by atoms with Crippen LogP contribution in [0.5, 0.6) is 0 Å². The Labute approximate surface area is 168 Å². The van der Waals surface area contributed by atoms with E-state index < -0.39 is 0 Å². The van der Waals surface area contributed by atoms with Crippen LogP contribution in [-0.4, -0.2) is 0 Å². The van der Waals surface area contributed by atoms with Crippen molar-refractivity contribution in [3.63, 3.8) is 0 Å². The summed E-state index contributed by atoms with van der Waals surface area (Å²) in [6, 6.07) is 0. The van der Waals surface area contributed by atoms with Gasteiger partial charge in [0.15, 0.2) is 0 Å². The molecule has 0 amide bonds. The summed E-state index contributed by atoms with van der Waals surface area (Å²) >= 11 is 0. The van der Waals surface area contributed by atoms with Crippen LogP contribution in [0.3, 0.4) is 0 Å². The Hall–Kier alpha value is 0. The third-order valence-electron chi connectivity index (χ3n) is 6.49. The average molecular weight is 367 g/mol. The zero-order chi connectivity index (χ0) is 19.3. The molecule has 0 atom stereocenters. The number of hydrogen-bond donors (Lipinski definition) is 0. The zero-order valence-corrected chi connectivity index (χ0v) is 19.3. The van der Waals surface area contributed by atoms with E-state index >= 15 is 0 Å². The fourth-order valence-corrected chi connectivity index (χ4v) is 4.57. The first-order valence-electron chi connectivity index (χ1n) is 12.7. The molecule has 0 rings (SSSR count). The van der Waals surface area contributed by atoms with Gasteiger partial charge in [0.2, 0.25) is 0 Å². The molecule has 0 unspecified atom stereocenters. The van der Waals surface area contributed by atoms with E-state index in [1.54, 1.807) is 0 Å². The van der Waals surface area contributed by atoms with Gasteiger partial charge in [-0.05, 0) is 31.1 Å². The van der Waals surface area contributed by atoms with Crippen LogP contribution in [0.1, 0.15) is 163 Å². The third-order valence-corrected chi connectivity index (χ3v) is 6.49. The van der Waals surface area contributed by atoms with Crippen molar-refractivity contribution < 1.29 is 0 Å².